The lowest BCUT2D eigenvalue weighted by molar-refractivity contribution is 0.242. The van der Waals surface area contributed by atoms with Crippen molar-refractivity contribution in [1.82, 2.24) is 19.7 Å². The molecule has 5 nitrogen and oxygen atoms in total. The monoisotopic (exact) mass is 364 g/mol. The van der Waals surface area contributed by atoms with Gasteiger partial charge in [0.2, 0.25) is 0 Å². The maximum Gasteiger partial charge on any atom is 0.120 e. The zero-order valence-electron chi connectivity index (χ0n) is 16.7. The van der Waals surface area contributed by atoms with Crippen LogP contribution in [0.25, 0.3) is 10.9 Å². The number of pyridine rings is 1. The van der Waals surface area contributed by atoms with Crippen LogP contribution in [-0.2, 0) is 20.1 Å². The van der Waals surface area contributed by atoms with Crippen molar-refractivity contribution in [2.45, 2.75) is 52.7 Å². The van der Waals surface area contributed by atoms with Gasteiger partial charge in [0.05, 0.1) is 23.5 Å². The zero-order chi connectivity index (χ0) is 19.0. The van der Waals surface area contributed by atoms with Crippen molar-refractivity contribution in [1.29, 1.82) is 0 Å². The summed E-state index contributed by atoms with van der Waals surface area (Å²) in [4.78, 5) is 7.46. The van der Waals surface area contributed by atoms with E-state index in [1.807, 2.05) is 24.7 Å². The molecule has 142 valence electrons. The van der Waals surface area contributed by atoms with Crippen molar-refractivity contribution >= 4 is 10.9 Å². The first kappa shape index (κ1) is 18.0. The van der Waals surface area contributed by atoms with Crippen LogP contribution in [0.15, 0.2) is 30.3 Å². The number of hydrogen-bond donors (Lipinski definition) is 0. The Morgan fingerprint density at radius 2 is 1.96 bits per heavy atom. The summed E-state index contributed by atoms with van der Waals surface area (Å²) in [5.41, 5.74) is 5.90. The van der Waals surface area contributed by atoms with Crippen LogP contribution in [0.2, 0.25) is 0 Å². The summed E-state index contributed by atoms with van der Waals surface area (Å²) in [6.45, 7) is 8.77. The average molecular weight is 364 g/mol. The molecule has 1 aliphatic carbocycles. The van der Waals surface area contributed by atoms with Gasteiger partial charge in [-0.15, -0.1) is 0 Å². The van der Waals surface area contributed by atoms with Crippen molar-refractivity contribution in [3.63, 3.8) is 0 Å². The van der Waals surface area contributed by atoms with Crippen LogP contribution in [0.5, 0.6) is 5.75 Å². The summed E-state index contributed by atoms with van der Waals surface area (Å²) in [6.07, 6.45) is 2.56. The number of ether oxygens (including phenoxy) is 1. The third-order valence-corrected chi connectivity index (χ3v) is 5.48. The minimum absolute atomic E-state index is 0.668. The maximum atomic E-state index is 5.60. The van der Waals surface area contributed by atoms with Gasteiger partial charge in [-0.1, -0.05) is 6.07 Å². The highest BCUT2D eigenvalue weighted by molar-refractivity contribution is 5.80. The van der Waals surface area contributed by atoms with Gasteiger partial charge in [0.1, 0.15) is 5.75 Å². The Bertz CT molecular complexity index is 958. The van der Waals surface area contributed by atoms with Crippen LogP contribution in [0.4, 0.5) is 0 Å². The van der Waals surface area contributed by atoms with Crippen LogP contribution in [-0.4, -0.2) is 32.3 Å². The van der Waals surface area contributed by atoms with Gasteiger partial charge in [0.25, 0.3) is 0 Å². The fourth-order valence-electron chi connectivity index (χ4n) is 3.70. The Balaban J connectivity index is 1.55. The lowest BCUT2D eigenvalue weighted by atomic mass is 10.1. The van der Waals surface area contributed by atoms with Gasteiger partial charge >= 0.3 is 0 Å². The molecule has 0 saturated heterocycles. The number of aryl methyl sites for hydroxylation is 2. The first-order valence-corrected chi connectivity index (χ1v) is 9.80. The van der Waals surface area contributed by atoms with Crippen LogP contribution >= 0.6 is 0 Å². The Labute approximate surface area is 161 Å². The number of nitrogens with zero attached hydrogens (tertiary/aromatic N) is 4. The third kappa shape index (κ3) is 3.83. The molecule has 2 heterocycles. The fraction of sp³-hybridized carbons (Fsp3) is 0.455. The average Bonchev–Trinajstić information content (AvgIpc) is 3.46. The van der Waals surface area contributed by atoms with Gasteiger partial charge in [0.15, 0.2) is 0 Å². The standard InChI is InChI=1S/C22H28N4O/c1-5-27-20-10-11-22-17(12-20)6-7-18(23-22)13-26(19-8-9-19)14-21-15(2)24-25(4)16(21)3/h6-7,10-12,19H,5,8-9,13-14H2,1-4H3. The highest BCUT2D eigenvalue weighted by Gasteiger charge is 2.30. The van der Waals surface area contributed by atoms with Crippen molar-refractivity contribution in [3.8, 4) is 5.75 Å². The molecule has 1 aromatic carbocycles. The fourth-order valence-corrected chi connectivity index (χ4v) is 3.70. The molecule has 0 spiro atoms. The maximum absolute atomic E-state index is 5.60. The second kappa shape index (κ2) is 7.31. The molecule has 0 radical (unpaired) electrons. The third-order valence-electron chi connectivity index (χ3n) is 5.48. The molecule has 0 aliphatic heterocycles. The van der Waals surface area contributed by atoms with Gasteiger partial charge in [-0.2, -0.15) is 5.10 Å². The minimum Gasteiger partial charge on any atom is -0.494 e. The summed E-state index contributed by atoms with van der Waals surface area (Å²) in [7, 11) is 2.02. The quantitative estimate of drug-likeness (QED) is 0.632. The predicted molar refractivity (Wildman–Crippen MR) is 108 cm³/mol. The van der Waals surface area contributed by atoms with Crippen molar-refractivity contribution in [3.05, 3.63) is 53.0 Å². The molecule has 1 saturated carbocycles. The molecule has 0 atom stereocenters. The summed E-state index contributed by atoms with van der Waals surface area (Å²) >= 11 is 0. The number of hydrogen-bond acceptors (Lipinski definition) is 4. The lowest BCUT2D eigenvalue weighted by Gasteiger charge is -2.22. The Morgan fingerprint density at radius 3 is 2.63 bits per heavy atom. The van der Waals surface area contributed by atoms with Crippen LogP contribution < -0.4 is 4.74 Å². The Hall–Kier alpha value is -2.40. The number of benzene rings is 1. The SMILES string of the molecule is CCOc1ccc2nc(CN(Cc3c(C)nn(C)c3C)C3CC3)ccc2c1. The van der Waals surface area contributed by atoms with E-state index in [0.717, 1.165) is 41.1 Å². The Morgan fingerprint density at radius 1 is 1.15 bits per heavy atom. The normalized spacial score (nSPS) is 14.3. The van der Waals surface area contributed by atoms with Crippen molar-refractivity contribution in [2.75, 3.05) is 6.61 Å². The molecule has 27 heavy (non-hydrogen) atoms. The van der Waals surface area contributed by atoms with E-state index >= 15 is 0 Å². The molecule has 2 aromatic heterocycles. The van der Waals surface area contributed by atoms with Gasteiger partial charge < -0.3 is 4.74 Å². The van der Waals surface area contributed by atoms with Crippen LogP contribution in [0, 0.1) is 13.8 Å². The molecule has 4 rings (SSSR count). The highest BCUT2D eigenvalue weighted by Crippen LogP contribution is 2.31. The van der Waals surface area contributed by atoms with E-state index < -0.39 is 0 Å². The summed E-state index contributed by atoms with van der Waals surface area (Å²) < 4.78 is 7.58. The largest absolute Gasteiger partial charge is 0.494 e. The zero-order valence-corrected chi connectivity index (χ0v) is 16.7. The smallest absolute Gasteiger partial charge is 0.120 e. The molecular weight excluding hydrogens is 336 g/mol. The minimum atomic E-state index is 0.668. The predicted octanol–water partition coefficient (Wildman–Crippen LogP) is 4.15. The van der Waals surface area contributed by atoms with Gasteiger partial charge in [0, 0.05) is 42.8 Å². The van der Waals surface area contributed by atoms with Crippen molar-refractivity contribution < 1.29 is 4.74 Å². The van der Waals surface area contributed by atoms with Gasteiger partial charge in [-0.05, 0) is 57.9 Å². The molecule has 0 N–H and O–H groups in total. The van der Waals surface area contributed by atoms with E-state index in [1.165, 1.54) is 24.1 Å². The van der Waals surface area contributed by atoms with Crippen LogP contribution in [0.1, 0.15) is 42.4 Å². The summed E-state index contributed by atoms with van der Waals surface area (Å²) in [5, 5.41) is 5.70. The molecular formula is C22H28N4O. The molecule has 0 bridgehead atoms. The number of rotatable bonds is 7. The first-order valence-electron chi connectivity index (χ1n) is 9.80. The topological polar surface area (TPSA) is 43.2 Å². The molecule has 1 fully saturated rings. The van der Waals surface area contributed by atoms with E-state index in [1.54, 1.807) is 0 Å². The van der Waals surface area contributed by atoms with E-state index in [-0.39, 0.29) is 0 Å². The second-order valence-electron chi connectivity index (χ2n) is 7.50. The van der Waals surface area contributed by atoms with E-state index in [2.05, 4.69) is 48.1 Å². The molecule has 0 amide bonds. The van der Waals surface area contributed by atoms with E-state index in [4.69, 9.17) is 9.72 Å². The first-order chi connectivity index (χ1) is 13.0. The highest BCUT2D eigenvalue weighted by atomic mass is 16.5. The van der Waals surface area contributed by atoms with Crippen molar-refractivity contribution in [2.24, 2.45) is 7.05 Å². The molecule has 5 heteroatoms. The number of fused-ring (bicyclic) bond motifs is 1. The molecule has 1 aliphatic rings. The van der Waals surface area contributed by atoms with Gasteiger partial charge in [-0.3, -0.25) is 14.6 Å². The lowest BCUT2D eigenvalue weighted by Crippen LogP contribution is -2.26. The number of aromatic nitrogens is 3. The summed E-state index contributed by atoms with van der Waals surface area (Å²) in [6, 6.07) is 11.1. The second-order valence-corrected chi connectivity index (χ2v) is 7.50. The van der Waals surface area contributed by atoms with Gasteiger partial charge in [-0.25, -0.2) is 0 Å². The molecule has 0 unspecified atom stereocenters. The van der Waals surface area contributed by atoms with E-state index in [0.29, 0.717) is 12.6 Å². The van der Waals surface area contributed by atoms with E-state index in [9.17, 15) is 0 Å². The van der Waals surface area contributed by atoms with Crippen LogP contribution in [0.3, 0.4) is 0 Å². The summed E-state index contributed by atoms with van der Waals surface area (Å²) in [5.74, 6) is 0.904. The molecule has 3 aromatic rings. The Kier molecular flexibility index (Phi) is 4.87.